The molecule has 7 nitrogen and oxygen atoms in total. The molecule has 1 aromatic heterocycles. The number of amides is 1. The first-order valence-electron chi connectivity index (χ1n) is 5.07. The molecule has 94 valence electrons. The molecule has 0 aromatic carbocycles. The third-order valence-corrected chi connectivity index (χ3v) is 2.25. The van der Waals surface area contributed by atoms with Crippen molar-refractivity contribution in [3.05, 3.63) is 18.5 Å². The number of carboxylic acid groups (broad SMARTS) is 1. The molecule has 1 aromatic rings. The summed E-state index contributed by atoms with van der Waals surface area (Å²) in [4.78, 5) is 22.6. The van der Waals surface area contributed by atoms with Crippen LogP contribution in [0.3, 0.4) is 0 Å². The van der Waals surface area contributed by atoms with Gasteiger partial charge < -0.3 is 15.2 Å². The molecular weight excluding hydrogens is 226 g/mol. The number of hydrogen-bond acceptors (Lipinski definition) is 4. The van der Waals surface area contributed by atoms with Crippen LogP contribution in [0.2, 0.25) is 0 Å². The highest BCUT2D eigenvalue weighted by Crippen LogP contribution is 2.03. The molecule has 1 rings (SSSR count). The summed E-state index contributed by atoms with van der Waals surface area (Å²) < 4.78 is 6.16. The molecule has 1 amide bonds. The molecule has 0 aliphatic heterocycles. The minimum Gasteiger partial charge on any atom is -0.480 e. The predicted molar refractivity (Wildman–Crippen MR) is 58.4 cm³/mol. The second-order valence-electron chi connectivity index (χ2n) is 3.52. The molecule has 0 aliphatic rings. The zero-order chi connectivity index (χ0) is 12.8. The minimum atomic E-state index is -1.13. The van der Waals surface area contributed by atoms with Crippen molar-refractivity contribution in [3.8, 4) is 0 Å². The molecule has 0 fully saturated rings. The van der Waals surface area contributed by atoms with Gasteiger partial charge in [0.15, 0.2) is 6.04 Å². The van der Waals surface area contributed by atoms with Crippen LogP contribution in [0, 0.1) is 0 Å². The summed E-state index contributed by atoms with van der Waals surface area (Å²) in [7, 11) is 1.37. The maximum atomic E-state index is 11.7. The fourth-order valence-electron chi connectivity index (χ4n) is 1.26. The van der Waals surface area contributed by atoms with E-state index in [2.05, 4.69) is 10.4 Å². The summed E-state index contributed by atoms with van der Waals surface area (Å²) in [5.41, 5.74) is 0. The third-order valence-electron chi connectivity index (χ3n) is 2.25. The van der Waals surface area contributed by atoms with Crippen molar-refractivity contribution < 1.29 is 19.4 Å². The Kier molecular flexibility index (Phi) is 4.65. The normalized spacial score (nSPS) is 14.0. The van der Waals surface area contributed by atoms with Gasteiger partial charge >= 0.3 is 5.97 Å². The number of aromatic nitrogens is 2. The van der Waals surface area contributed by atoms with Crippen molar-refractivity contribution in [2.45, 2.75) is 19.0 Å². The van der Waals surface area contributed by atoms with Gasteiger partial charge in [-0.25, -0.2) is 4.79 Å². The summed E-state index contributed by atoms with van der Waals surface area (Å²) >= 11 is 0. The van der Waals surface area contributed by atoms with E-state index in [9.17, 15) is 9.59 Å². The molecule has 0 aliphatic carbocycles. The second kappa shape index (κ2) is 6.00. The molecule has 7 heteroatoms. The van der Waals surface area contributed by atoms with E-state index in [0.717, 1.165) is 0 Å². The molecule has 2 atom stereocenters. The van der Waals surface area contributed by atoms with Crippen molar-refractivity contribution in [3.63, 3.8) is 0 Å². The van der Waals surface area contributed by atoms with E-state index in [1.54, 1.807) is 25.4 Å². The van der Waals surface area contributed by atoms with Crippen molar-refractivity contribution in [1.29, 1.82) is 0 Å². The maximum Gasteiger partial charge on any atom is 0.328 e. The number of rotatable bonds is 6. The van der Waals surface area contributed by atoms with Crippen LogP contribution in [-0.2, 0) is 14.3 Å². The summed E-state index contributed by atoms with van der Waals surface area (Å²) in [6, 6.07) is 0.0716. The topological polar surface area (TPSA) is 93.5 Å². The lowest BCUT2D eigenvalue weighted by atomic mass is 10.2. The van der Waals surface area contributed by atoms with Gasteiger partial charge in [0.25, 0.3) is 0 Å². The Balaban J connectivity index is 2.61. The van der Waals surface area contributed by atoms with Crippen molar-refractivity contribution in [1.82, 2.24) is 15.1 Å². The second-order valence-corrected chi connectivity index (χ2v) is 3.52. The van der Waals surface area contributed by atoms with Gasteiger partial charge in [-0.15, -0.1) is 0 Å². The van der Waals surface area contributed by atoms with Crippen LogP contribution in [0.1, 0.15) is 13.0 Å². The largest absolute Gasteiger partial charge is 0.480 e. The van der Waals surface area contributed by atoms with Crippen LogP contribution in [-0.4, -0.2) is 46.5 Å². The average molecular weight is 241 g/mol. The zero-order valence-electron chi connectivity index (χ0n) is 9.66. The van der Waals surface area contributed by atoms with Crippen molar-refractivity contribution >= 4 is 11.9 Å². The molecule has 0 radical (unpaired) electrons. The van der Waals surface area contributed by atoms with Gasteiger partial charge in [0.2, 0.25) is 5.91 Å². The van der Waals surface area contributed by atoms with Gasteiger partial charge in [-0.3, -0.25) is 9.48 Å². The Bertz CT molecular complexity index is 377. The Hall–Kier alpha value is -1.89. The standard InChI is InChI=1S/C10H15N3O4/c1-7(13-5-3-4-11-13)9(14)12-8(6-17-2)10(15)16/h3-5,7-8H,6H2,1-2H3,(H,12,14)(H,15,16). The molecule has 2 N–H and O–H groups in total. The molecular formula is C10H15N3O4. The molecule has 1 heterocycles. The van der Waals surface area contributed by atoms with E-state index < -0.39 is 24.0 Å². The number of ether oxygens (including phenoxy) is 1. The minimum absolute atomic E-state index is 0.0765. The van der Waals surface area contributed by atoms with Crippen LogP contribution >= 0.6 is 0 Å². The summed E-state index contributed by atoms with van der Waals surface area (Å²) in [5, 5.41) is 15.1. The van der Waals surface area contributed by atoms with Crippen LogP contribution in [0.4, 0.5) is 0 Å². The van der Waals surface area contributed by atoms with Gasteiger partial charge in [-0.1, -0.05) is 0 Å². The van der Waals surface area contributed by atoms with E-state index in [-0.39, 0.29) is 6.61 Å². The van der Waals surface area contributed by atoms with E-state index in [1.807, 2.05) is 0 Å². The summed E-state index contributed by atoms with van der Waals surface area (Å²) in [5.74, 6) is -1.55. The first-order chi connectivity index (χ1) is 8.06. The first kappa shape index (κ1) is 13.2. The zero-order valence-corrected chi connectivity index (χ0v) is 9.66. The first-order valence-corrected chi connectivity index (χ1v) is 5.07. The van der Waals surface area contributed by atoms with Crippen LogP contribution < -0.4 is 5.32 Å². The summed E-state index contributed by atoms with van der Waals surface area (Å²) in [6.45, 7) is 1.56. The lowest BCUT2D eigenvalue weighted by Gasteiger charge is -2.17. The number of carbonyl (C=O) groups is 2. The fraction of sp³-hybridized carbons (Fsp3) is 0.500. The highest BCUT2D eigenvalue weighted by Gasteiger charge is 2.23. The van der Waals surface area contributed by atoms with Gasteiger partial charge in [0.1, 0.15) is 6.04 Å². The monoisotopic (exact) mass is 241 g/mol. The molecule has 0 spiro atoms. The van der Waals surface area contributed by atoms with Crippen molar-refractivity contribution in [2.75, 3.05) is 13.7 Å². The van der Waals surface area contributed by atoms with Gasteiger partial charge in [0, 0.05) is 19.5 Å². The molecule has 0 saturated heterocycles. The van der Waals surface area contributed by atoms with Crippen LogP contribution in [0.5, 0.6) is 0 Å². The highest BCUT2D eigenvalue weighted by atomic mass is 16.5. The molecule has 0 bridgehead atoms. The maximum absolute atomic E-state index is 11.7. The number of methoxy groups -OCH3 is 1. The van der Waals surface area contributed by atoms with Gasteiger partial charge in [-0.2, -0.15) is 5.10 Å². The molecule has 0 saturated carbocycles. The van der Waals surface area contributed by atoms with Crippen LogP contribution in [0.25, 0.3) is 0 Å². The molecule has 17 heavy (non-hydrogen) atoms. The van der Waals surface area contributed by atoms with Crippen LogP contribution in [0.15, 0.2) is 18.5 Å². The Morgan fingerprint density at radius 1 is 1.59 bits per heavy atom. The van der Waals surface area contributed by atoms with E-state index in [4.69, 9.17) is 9.84 Å². The Labute approximate surface area is 98.4 Å². The van der Waals surface area contributed by atoms with E-state index in [1.165, 1.54) is 11.8 Å². The Morgan fingerprint density at radius 3 is 2.76 bits per heavy atom. The summed E-state index contributed by atoms with van der Waals surface area (Å²) in [6.07, 6.45) is 3.18. The van der Waals surface area contributed by atoms with E-state index >= 15 is 0 Å². The number of aliphatic carboxylic acids is 1. The number of hydrogen-bond donors (Lipinski definition) is 2. The quantitative estimate of drug-likeness (QED) is 0.710. The predicted octanol–water partition coefficient (Wildman–Crippen LogP) is -0.340. The number of nitrogens with zero attached hydrogens (tertiary/aromatic N) is 2. The fourth-order valence-corrected chi connectivity index (χ4v) is 1.26. The SMILES string of the molecule is COCC(NC(=O)C(C)n1cccn1)C(=O)O. The van der Waals surface area contributed by atoms with Gasteiger partial charge in [-0.05, 0) is 13.0 Å². The number of carbonyl (C=O) groups excluding carboxylic acids is 1. The molecule has 2 unspecified atom stereocenters. The van der Waals surface area contributed by atoms with Gasteiger partial charge in [0.05, 0.1) is 6.61 Å². The lowest BCUT2D eigenvalue weighted by Crippen LogP contribution is -2.46. The Morgan fingerprint density at radius 2 is 2.29 bits per heavy atom. The number of carboxylic acids is 1. The smallest absolute Gasteiger partial charge is 0.328 e. The third kappa shape index (κ3) is 3.56. The highest BCUT2D eigenvalue weighted by molar-refractivity contribution is 5.85. The average Bonchev–Trinajstić information content (AvgIpc) is 2.80. The van der Waals surface area contributed by atoms with E-state index in [0.29, 0.717) is 0 Å². The number of nitrogens with one attached hydrogen (secondary N) is 1. The van der Waals surface area contributed by atoms with Crippen molar-refractivity contribution in [2.24, 2.45) is 0 Å². The lowest BCUT2D eigenvalue weighted by molar-refractivity contribution is -0.143.